The first-order valence-corrected chi connectivity index (χ1v) is 8.20. The van der Waals surface area contributed by atoms with E-state index in [-0.39, 0.29) is 0 Å². The Balaban J connectivity index is 2.28. The van der Waals surface area contributed by atoms with Crippen LogP contribution in [0.2, 0.25) is 0 Å². The van der Waals surface area contributed by atoms with Crippen LogP contribution in [0, 0.1) is 0 Å². The molecule has 0 aliphatic carbocycles. The summed E-state index contributed by atoms with van der Waals surface area (Å²) in [5.41, 5.74) is 13.3. The fraction of sp³-hybridized carbons (Fsp3) is 0.647. The molecule has 0 amide bonds. The Morgan fingerprint density at radius 2 is 1.92 bits per heavy atom. The maximum absolute atomic E-state index is 10.0. The van der Waals surface area contributed by atoms with Crippen LogP contribution >= 0.6 is 0 Å². The van der Waals surface area contributed by atoms with Crippen LogP contribution in [0.5, 0.6) is 0 Å². The molecule has 0 saturated carbocycles. The van der Waals surface area contributed by atoms with Crippen LogP contribution in [-0.4, -0.2) is 46.9 Å². The summed E-state index contributed by atoms with van der Waals surface area (Å²) in [5.74, 6) is 0. The van der Waals surface area contributed by atoms with Gasteiger partial charge in [-0.05, 0) is 64.4 Å². The van der Waals surface area contributed by atoms with Gasteiger partial charge >= 0.3 is 0 Å². The van der Waals surface area contributed by atoms with Crippen LogP contribution in [0.3, 0.4) is 0 Å². The molecular formula is C17H32N4O3. The minimum absolute atomic E-state index is 0.411. The van der Waals surface area contributed by atoms with Crippen molar-refractivity contribution in [2.75, 3.05) is 25.1 Å². The molecule has 2 unspecified atom stereocenters. The van der Waals surface area contributed by atoms with E-state index in [0.29, 0.717) is 37.3 Å². The fourth-order valence-corrected chi connectivity index (χ4v) is 2.16. The number of nitrogens with two attached hydrogens (primary N) is 2. The zero-order chi connectivity index (χ0) is 18.3. The summed E-state index contributed by atoms with van der Waals surface area (Å²) in [6.45, 7) is 6.72. The zero-order valence-electron chi connectivity index (χ0n) is 15.1. The molecule has 7 nitrogen and oxygen atoms in total. The number of rotatable bonds is 9. The molecule has 0 aromatic heterocycles. The van der Waals surface area contributed by atoms with E-state index in [0.717, 1.165) is 5.56 Å². The molecule has 24 heavy (non-hydrogen) atoms. The van der Waals surface area contributed by atoms with Gasteiger partial charge in [0.1, 0.15) is 6.23 Å². The van der Waals surface area contributed by atoms with E-state index >= 15 is 0 Å². The van der Waals surface area contributed by atoms with Gasteiger partial charge in [-0.1, -0.05) is 0 Å². The average Bonchev–Trinajstić information content (AvgIpc) is 2.46. The third kappa shape index (κ3) is 7.94. The summed E-state index contributed by atoms with van der Waals surface area (Å²) in [5, 5.41) is 23.0. The standard InChI is InChI=1S/C17H32N4O3/c1-17(2,3)24-16(23)21(4)9-5-6-15(22)20-11-12-10-13(18)7-8-14(12)19/h7-8,10,15-16,20,22-23H,5-6,9,11,18-19H2,1-4H3. The van der Waals surface area contributed by atoms with Crippen molar-refractivity contribution in [1.82, 2.24) is 10.2 Å². The molecule has 1 rings (SSSR count). The second kappa shape index (κ2) is 9.19. The minimum Gasteiger partial charge on any atom is -0.399 e. The number of nitrogen functional groups attached to an aromatic ring is 2. The number of aliphatic hydroxyl groups is 2. The van der Waals surface area contributed by atoms with Gasteiger partial charge in [0.25, 0.3) is 0 Å². The van der Waals surface area contributed by atoms with Crippen molar-refractivity contribution < 1.29 is 14.9 Å². The highest BCUT2D eigenvalue weighted by atomic mass is 16.6. The average molecular weight is 340 g/mol. The first-order chi connectivity index (χ1) is 11.1. The van der Waals surface area contributed by atoms with E-state index in [1.165, 1.54) is 0 Å². The summed E-state index contributed by atoms with van der Waals surface area (Å²) in [7, 11) is 1.78. The summed E-state index contributed by atoms with van der Waals surface area (Å²) >= 11 is 0. The molecule has 0 spiro atoms. The van der Waals surface area contributed by atoms with E-state index in [1.54, 1.807) is 30.1 Å². The number of aliphatic hydroxyl groups excluding tert-OH is 2. The first-order valence-electron chi connectivity index (χ1n) is 8.20. The van der Waals surface area contributed by atoms with Crippen molar-refractivity contribution in [2.45, 2.75) is 58.4 Å². The SMILES string of the molecule is CN(CCCC(O)NCc1cc(N)ccc1N)C(O)OC(C)(C)C. The molecule has 0 aliphatic heterocycles. The van der Waals surface area contributed by atoms with Crippen molar-refractivity contribution in [1.29, 1.82) is 0 Å². The van der Waals surface area contributed by atoms with Crippen LogP contribution in [-0.2, 0) is 11.3 Å². The number of anilines is 2. The predicted octanol–water partition coefficient (Wildman–Crippen LogP) is 1.06. The van der Waals surface area contributed by atoms with E-state index in [9.17, 15) is 10.2 Å². The summed E-state index contributed by atoms with van der Waals surface area (Å²) in [4.78, 5) is 1.70. The molecule has 0 saturated heterocycles. The number of hydrogen-bond donors (Lipinski definition) is 5. The summed E-state index contributed by atoms with van der Waals surface area (Å²) in [6.07, 6.45) is -0.349. The maximum atomic E-state index is 10.0. The van der Waals surface area contributed by atoms with E-state index in [2.05, 4.69) is 5.32 Å². The van der Waals surface area contributed by atoms with Crippen LogP contribution in [0.4, 0.5) is 11.4 Å². The number of nitrogens with one attached hydrogen (secondary N) is 1. The van der Waals surface area contributed by atoms with Crippen LogP contribution in [0.25, 0.3) is 0 Å². The van der Waals surface area contributed by atoms with Gasteiger partial charge in [-0.3, -0.25) is 10.2 Å². The molecule has 0 fully saturated rings. The van der Waals surface area contributed by atoms with Crippen LogP contribution < -0.4 is 16.8 Å². The van der Waals surface area contributed by atoms with Crippen molar-refractivity contribution >= 4 is 11.4 Å². The Labute approximate surface area is 144 Å². The molecule has 0 bridgehead atoms. The molecule has 0 radical (unpaired) electrons. The Morgan fingerprint density at radius 3 is 2.54 bits per heavy atom. The Hall–Kier alpha value is -1.38. The molecule has 138 valence electrons. The normalized spacial score (nSPS) is 14.8. The lowest BCUT2D eigenvalue weighted by atomic mass is 10.1. The zero-order valence-corrected chi connectivity index (χ0v) is 15.1. The van der Waals surface area contributed by atoms with Gasteiger partial charge in [0.05, 0.1) is 5.60 Å². The molecule has 2 atom stereocenters. The fourth-order valence-electron chi connectivity index (χ4n) is 2.16. The number of ether oxygens (including phenoxy) is 1. The minimum atomic E-state index is -0.956. The van der Waals surface area contributed by atoms with Gasteiger partial charge in [0.2, 0.25) is 6.41 Å². The molecular weight excluding hydrogens is 308 g/mol. The second-order valence-electron chi connectivity index (χ2n) is 7.03. The number of nitrogens with zero attached hydrogens (tertiary/aromatic N) is 1. The van der Waals surface area contributed by atoms with Gasteiger partial charge in [-0.15, -0.1) is 0 Å². The maximum Gasteiger partial charge on any atom is 0.216 e. The predicted molar refractivity (Wildman–Crippen MR) is 96.8 cm³/mol. The quantitative estimate of drug-likeness (QED) is 0.337. The lowest BCUT2D eigenvalue weighted by molar-refractivity contribution is -0.232. The Kier molecular flexibility index (Phi) is 7.92. The topological polar surface area (TPSA) is 117 Å². The van der Waals surface area contributed by atoms with Crippen molar-refractivity contribution in [3.8, 4) is 0 Å². The molecule has 1 aromatic rings. The van der Waals surface area contributed by atoms with Crippen LogP contribution in [0.15, 0.2) is 18.2 Å². The van der Waals surface area contributed by atoms with Gasteiger partial charge in [0.15, 0.2) is 0 Å². The first kappa shape index (κ1) is 20.7. The van der Waals surface area contributed by atoms with E-state index < -0.39 is 18.2 Å². The van der Waals surface area contributed by atoms with Crippen molar-refractivity contribution in [3.05, 3.63) is 23.8 Å². The second-order valence-corrected chi connectivity index (χ2v) is 7.03. The Bertz CT molecular complexity index is 505. The third-order valence-electron chi connectivity index (χ3n) is 3.52. The van der Waals surface area contributed by atoms with Crippen molar-refractivity contribution in [3.63, 3.8) is 0 Å². The van der Waals surface area contributed by atoms with Gasteiger partial charge < -0.3 is 26.4 Å². The number of hydrogen-bond acceptors (Lipinski definition) is 7. The summed E-state index contributed by atoms with van der Waals surface area (Å²) in [6, 6.07) is 5.30. The van der Waals surface area contributed by atoms with Gasteiger partial charge in [-0.25, -0.2) is 0 Å². The highest BCUT2D eigenvalue weighted by Gasteiger charge is 2.20. The largest absolute Gasteiger partial charge is 0.399 e. The van der Waals surface area contributed by atoms with E-state index in [4.69, 9.17) is 16.2 Å². The molecule has 1 aromatic carbocycles. The molecule has 7 heteroatoms. The monoisotopic (exact) mass is 340 g/mol. The highest BCUT2D eigenvalue weighted by molar-refractivity contribution is 5.55. The van der Waals surface area contributed by atoms with Crippen LogP contribution in [0.1, 0.15) is 39.2 Å². The molecule has 7 N–H and O–H groups in total. The Morgan fingerprint density at radius 1 is 1.25 bits per heavy atom. The molecule has 0 aliphatic rings. The smallest absolute Gasteiger partial charge is 0.216 e. The van der Waals surface area contributed by atoms with E-state index in [1.807, 2.05) is 20.8 Å². The lowest BCUT2D eigenvalue weighted by Gasteiger charge is -2.30. The van der Waals surface area contributed by atoms with Gasteiger partial charge in [0, 0.05) is 24.5 Å². The third-order valence-corrected chi connectivity index (χ3v) is 3.52. The highest BCUT2D eigenvalue weighted by Crippen LogP contribution is 2.15. The lowest BCUT2D eigenvalue weighted by Crippen LogP contribution is -2.40. The van der Waals surface area contributed by atoms with Crippen molar-refractivity contribution in [2.24, 2.45) is 0 Å². The summed E-state index contributed by atoms with van der Waals surface area (Å²) < 4.78 is 5.46. The van der Waals surface area contributed by atoms with Gasteiger partial charge in [-0.2, -0.15) is 0 Å². The number of benzene rings is 1. The molecule has 0 heterocycles.